The fraction of sp³-hybridized carbons (Fsp3) is 0.279. The largest absolute Gasteiger partial charge is 0.331 e. The molecule has 3 aromatic carbocycles. The lowest BCUT2D eigenvalue weighted by Gasteiger charge is -2.09. The monoisotopic (exact) mass is 741 g/mol. The van der Waals surface area contributed by atoms with Crippen LogP contribution in [0.25, 0.3) is 55.0 Å². The summed E-state index contributed by atoms with van der Waals surface area (Å²) in [5, 5.41) is 12.9. The SMILES string of the molecule is Cc1ncc(C)n2nc(C(C)Cc3nc4c5cccnc5ccc4n3C)nc12.Cc1ncc(C)n2nc(CC(C)c3nc4c5ccccc5ccc4n3C)nc12. The quantitative estimate of drug-likeness (QED) is 0.168. The molecule has 56 heavy (non-hydrogen) atoms. The van der Waals surface area contributed by atoms with Gasteiger partial charge in [0, 0.05) is 68.1 Å². The molecule has 0 bridgehead atoms. The molecule has 0 aliphatic heterocycles. The first-order valence-corrected chi connectivity index (χ1v) is 19.0. The smallest absolute Gasteiger partial charge is 0.177 e. The first-order chi connectivity index (χ1) is 27.0. The van der Waals surface area contributed by atoms with Crippen LogP contribution in [0.2, 0.25) is 0 Å². The average molecular weight is 742 g/mol. The van der Waals surface area contributed by atoms with Gasteiger partial charge in [-0.15, -0.1) is 0 Å². The van der Waals surface area contributed by atoms with Crippen molar-refractivity contribution in [3.8, 4) is 0 Å². The van der Waals surface area contributed by atoms with Crippen molar-refractivity contribution in [3.63, 3.8) is 0 Å². The van der Waals surface area contributed by atoms with Crippen molar-refractivity contribution in [1.82, 2.24) is 63.3 Å². The predicted octanol–water partition coefficient (Wildman–Crippen LogP) is 7.65. The van der Waals surface area contributed by atoms with Crippen molar-refractivity contribution in [3.05, 3.63) is 125 Å². The maximum absolute atomic E-state index is 5.01. The number of hydrogen-bond donors (Lipinski definition) is 0. The molecule has 0 fully saturated rings. The van der Waals surface area contributed by atoms with E-state index in [9.17, 15) is 0 Å². The van der Waals surface area contributed by atoms with Gasteiger partial charge in [-0.25, -0.2) is 29.0 Å². The summed E-state index contributed by atoms with van der Waals surface area (Å²) in [6, 6.07) is 20.9. The summed E-state index contributed by atoms with van der Waals surface area (Å²) in [7, 11) is 4.15. The number of hydrogen-bond acceptors (Lipinski definition) is 9. The van der Waals surface area contributed by atoms with Gasteiger partial charge in [-0.3, -0.25) is 15.0 Å². The molecule has 10 rings (SSSR count). The topological polar surface area (TPSA) is 135 Å². The van der Waals surface area contributed by atoms with E-state index in [0.717, 1.165) is 103 Å². The summed E-state index contributed by atoms with van der Waals surface area (Å²) >= 11 is 0. The van der Waals surface area contributed by atoms with Crippen LogP contribution in [0, 0.1) is 27.7 Å². The van der Waals surface area contributed by atoms with Crippen molar-refractivity contribution >= 4 is 55.0 Å². The molecular weight excluding hydrogens is 699 g/mol. The van der Waals surface area contributed by atoms with Crippen LogP contribution in [-0.4, -0.2) is 63.3 Å². The van der Waals surface area contributed by atoms with Gasteiger partial charge in [-0.1, -0.05) is 44.2 Å². The van der Waals surface area contributed by atoms with E-state index in [1.54, 1.807) is 0 Å². The minimum Gasteiger partial charge on any atom is -0.331 e. The molecule has 0 saturated carbocycles. The lowest BCUT2D eigenvalue weighted by atomic mass is 10.1. The van der Waals surface area contributed by atoms with Crippen LogP contribution in [-0.2, 0) is 26.9 Å². The Morgan fingerprint density at radius 2 is 1.25 bits per heavy atom. The van der Waals surface area contributed by atoms with E-state index >= 15 is 0 Å². The highest BCUT2D eigenvalue weighted by Crippen LogP contribution is 2.30. The summed E-state index contributed by atoms with van der Waals surface area (Å²) in [4.78, 5) is 32.6. The molecule has 13 heteroatoms. The summed E-state index contributed by atoms with van der Waals surface area (Å²) in [6.45, 7) is 12.2. The van der Waals surface area contributed by atoms with Gasteiger partial charge in [0.1, 0.15) is 11.6 Å². The maximum atomic E-state index is 5.01. The Hall–Kier alpha value is -6.63. The molecular formula is C43H43N13. The number of benzene rings is 3. The van der Waals surface area contributed by atoms with Crippen molar-refractivity contribution in [2.24, 2.45) is 14.1 Å². The molecule has 10 aromatic rings. The molecule has 0 aliphatic carbocycles. The molecule has 7 aromatic heterocycles. The first-order valence-electron chi connectivity index (χ1n) is 19.0. The molecule has 7 heterocycles. The summed E-state index contributed by atoms with van der Waals surface area (Å²) < 4.78 is 8.11. The first kappa shape index (κ1) is 35.1. The third-order valence-corrected chi connectivity index (χ3v) is 10.9. The number of nitrogens with zero attached hydrogens (tertiary/aromatic N) is 13. The van der Waals surface area contributed by atoms with Gasteiger partial charge in [0.15, 0.2) is 22.9 Å². The van der Waals surface area contributed by atoms with E-state index < -0.39 is 0 Å². The van der Waals surface area contributed by atoms with Crippen LogP contribution < -0.4 is 0 Å². The van der Waals surface area contributed by atoms with Crippen molar-refractivity contribution in [2.45, 2.75) is 66.2 Å². The number of aromatic nitrogens is 13. The van der Waals surface area contributed by atoms with Crippen LogP contribution >= 0.6 is 0 Å². The van der Waals surface area contributed by atoms with Crippen LogP contribution in [0.3, 0.4) is 0 Å². The third-order valence-electron chi connectivity index (χ3n) is 10.9. The molecule has 0 spiro atoms. The normalized spacial score (nSPS) is 13.0. The Kier molecular flexibility index (Phi) is 8.52. The predicted molar refractivity (Wildman–Crippen MR) is 219 cm³/mol. The van der Waals surface area contributed by atoms with Crippen molar-refractivity contribution in [2.75, 3.05) is 0 Å². The molecule has 0 saturated heterocycles. The number of pyridine rings is 1. The molecule has 0 radical (unpaired) electrons. The summed E-state index contributed by atoms with van der Waals surface area (Å²) in [6.07, 6.45) is 6.97. The standard InChI is InChI=1S/C22H22N6.C21H21N7/c1-13(11-19-24-22-15(3)23-12-14(2)28(22)26-19)21-25-20-17-8-6-5-7-16(17)9-10-18(20)27(21)4;1-12(20-25-21-14(3)23-11-13(2)28(21)26-20)10-18-24-19-15-6-5-9-22-16(15)7-8-17(19)27(18)4/h5-10,12-13H,11H2,1-4H3;5-9,11-12H,10H2,1-4H3. The summed E-state index contributed by atoms with van der Waals surface area (Å²) in [5.41, 5.74) is 10.7. The molecule has 0 N–H and O–H groups in total. The van der Waals surface area contributed by atoms with E-state index in [1.165, 1.54) is 10.8 Å². The summed E-state index contributed by atoms with van der Waals surface area (Å²) in [5.74, 6) is 4.04. The second kappa shape index (κ2) is 13.6. The third kappa shape index (κ3) is 5.90. The average Bonchev–Trinajstić information content (AvgIpc) is 4.00. The zero-order valence-corrected chi connectivity index (χ0v) is 32.9. The van der Waals surface area contributed by atoms with E-state index in [2.05, 4.69) is 107 Å². The van der Waals surface area contributed by atoms with Crippen LogP contribution in [0.15, 0.2) is 79.3 Å². The fourth-order valence-corrected chi connectivity index (χ4v) is 7.70. The number of imidazole rings is 2. The van der Waals surface area contributed by atoms with Gasteiger partial charge in [-0.2, -0.15) is 10.2 Å². The van der Waals surface area contributed by atoms with Crippen LogP contribution in [0.4, 0.5) is 0 Å². The van der Waals surface area contributed by atoms with Crippen LogP contribution in [0.5, 0.6) is 0 Å². The molecule has 2 atom stereocenters. The van der Waals surface area contributed by atoms with E-state index in [1.807, 2.05) is 61.4 Å². The van der Waals surface area contributed by atoms with E-state index in [4.69, 9.17) is 30.1 Å². The zero-order chi connectivity index (χ0) is 38.8. The molecule has 0 aliphatic rings. The Labute approximate surface area is 323 Å². The number of fused-ring (bicyclic) bond motifs is 8. The lowest BCUT2D eigenvalue weighted by Crippen LogP contribution is -2.07. The zero-order valence-electron chi connectivity index (χ0n) is 32.9. The minimum atomic E-state index is 0.138. The molecule has 13 nitrogen and oxygen atoms in total. The van der Waals surface area contributed by atoms with Gasteiger partial charge < -0.3 is 9.13 Å². The second-order valence-corrected chi connectivity index (χ2v) is 14.9. The minimum absolute atomic E-state index is 0.138. The maximum Gasteiger partial charge on any atom is 0.177 e. The Bertz CT molecular complexity index is 3030. The highest BCUT2D eigenvalue weighted by molar-refractivity contribution is 6.04. The van der Waals surface area contributed by atoms with E-state index in [-0.39, 0.29) is 11.8 Å². The van der Waals surface area contributed by atoms with Gasteiger partial charge >= 0.3 is 0 Å². The van der Waals surface area contributed by atoms with Crippen molar-refractivity contribution < 1.29 is 0 Å². The van der Waals surface area contributed by atoms with Crippen LogP contribution in [0.1, 0.15) is 71.8 Å². The Morgan fingerprint density at radius 1 is 0.589 bits per heavy atom. The fourth-order valence-electron chi connectivity index (χ4n) is 7.70. The Morgan fingerprint density at radius 3 is 2.00 bits per heavy atom. The highest BCUT2D eigenvalue weighted by Gasteiger charge is 2.21. The van der Waals surface area contributed by atoms with Gasteiger partial charge in [-0.05, 0) is 63.4 Å². The van der Waals surface area contributed by atoms with Gasteiger partial charge in [0.05, 0.1) is 50.4 Å². The number of rotatable bonds is 6. The second-order valence-electron chi connectivity index (χ2n) is 14.9. The highest BCUT2D eigenvalue weighted by atomic mass is 15.3. The molecule has 280 valence electrons. The van der Waals surface area contributed by atoms with Gasteiger partial charge in [0.25, 0.3) is 0 Å². The van der Waals surface area contributed by atoms with Crippen molar-refractivity contribution in [1.29, 1.82) is 0 Å². The molecule has 2 unspecified atom stereocenters. The Balaban J connectivity index is 0.000000146. The molecule has 0 amide bonds. The number of aryl methyl sites for hydroxylation is 6. The van der Waals surface area contributed by atoms with E-state index in [0.29, 0.717) is 0 Å². The lowest BCUT2D eigenvalue weighted by molar-refractivity contribution is 0.642. The van der Waals surface area contributed by atoms with Gasteiger partial charge in [0.2, 0.25) is 0 Å².